The Balaban J connectivity index is 2.00. The van der Waals surface area contributed by atoms with Crippen molar-refractivity contribution in [2.75, 3.05) is 0 Å². The highest BCUT2D eigenvalue weighted by molar-refractivity contribution is 5.96. The molecule has 0 aliphatic carbocycles. The minimum absolute atomic E-state index is 0.135. The smallest absolute Gasteiger partial charge is 0.354 e. The number of nitrogens with zero attached hydrogens (tertiary/aromatic N) is 3. The van der Waals surface area contributed by atoms with E-state index in [2.05, 4.69) is 15.4 Å². The SMILES string of the molecule is CC(Cn1cccn1)NC(=O)c1ccnc(C(=O)O)c1. The first-order valence-corrected chi connectivity index (χ1v) is 6.04. The topological polar surface area (TPSA) is 97.1 Å². The van der Waals surface area contributed by atoms with E-state index in [1.54, 1.807) is 23.1 Å². The van der Waals surface area contributed by atoms with Crippen LogP contribution in [0.15, 0.2) is 36.8 Å². The highest BCUT2D eigenvalue weighted by atomic mass is 16.4. The molecular weight excluding hydrogens is 260 g/mol. The minimum atomic E-state index is -1.16. The lowest BCUT2D eigenvalue weighted by Gasteiger charge is -2.14. The second-order valence-electron chi connectivity index (χ2n) is 4.34. The van der Waals surface area contributed by atoms with Gasteiger partial charge in [0.1, 0.15) is 5.69 Å². The zero-order valence-electron chi connectivity index (χ0n) is 10.9. The van der Waals surface area contributed by atoms with Gasteiger partial charge < -0.3 is 10.4 Å². The van der Waals surface area contributed by atoms with E-state index in [1.807, 2.05) is 6.92 Å². The van der Waals surface area contributed by atoms with Crippen molar-refractivity contribution in [2.45, 2.75) is 19.5 Å². The van der Waals surface area contributed by atoms with Crippen molar-refractivity contribution in [2.24, 2.45) is 0 Å². The molecule has 2 rings (SSSR count). The molecule has 7 nitrogen and oxygen atoms in total. The van der Waals surface area contributed by atoms with Gasteiger partial charge >= 0.3 is 5.97 Å². The van der Waals surface area contributed by atoms with Gasteiger partial charge in [-0.05, 0) is 25.1 Å². The van der Waals surface area contributed by atoms with Gasteiger partial charge in [0.05, 0.1) is 6.54 Å². The lowest BCUT2D eigenvalue weighted by Crippen LogP contribution is -2.35. The number of rotatable bonds is 5. The number of aromatic carboxylic acids is 1. The summed E-state index contributed by atoms with van der Waals surface area (Å²) in [6.45, 7) is 2.38. The fourth-order valence-corrected chi connectivity index (χ4v) is 1.73. The van der Waals surface area contributed by atoms with Crippen LogP contribution < -0.4 is 5.32 Å². The van der Waals surface area contributed by atoms with Gasteiger partial charge in [-0.3, -0.25) is 9.48 Å². The standard InChI is InChI=1S/C13H14N4O3/c1-9(8-17-6-2-4-15-17)16-12(18)10-3-5-14-11(7-10)13(19)20/h2-7,9H,8H2,1H3,(H,16,18)(H,19,20). The zero-order valence-corrected chi connectivity index (χ0v) is 10.9. The first kappa shape index (κ1) is 13.7. The summed E-state index contributed by atoms with van der Waals surface area (Å²) in [7, 11) is 0. The quantitative estimate of drug-likeness (QED) is 0.840. The van der Waals surface area contributed by atoms with Gasteiger partial charge in [-0.25, -0.2) is 9.78 Å². The predicted octanol–water partition coefficient (Wildman–Crippen LogP) is 0.795. The normalized spacial score (nSPS) is 11.8. The fourth-order valence-electron chi connectivity index (χ4n) is 1.73. The van der Waals surface area contributed by atoms with Crippen LogP contribution in [-0.2, 0) is 6.54 Å². The molecule has 2 aromatic heterocycles. The van der Waals surface area contributed by atoms with Gasteiger partial charge in [-0.15, -0.1) is 0 Å². The summed E-state index contributed by atoms with van der Waals surface area (Å²) in [5, 5.41) is 15.7. The number of aromatic nitrogens is 3. The minimum Gasteiger partial charge on any atom is -0.477 e. The van der Waals surface area contributed by atoms with Crippen molar-refractivity contribution in [1.29, 1.82) is 0 Å². The van der Waals surface area contributed by atoms with Gasteiger partial charge in [0.2, 0.25) is 0 Å². The van der Waals surface area contributed by atoms with Gasteiger partial charge in [0.25, 0.3) is 5.91 Å². The van der Waals surface area contributed by atoms with E-state index in [1.165, 1.54) is 18.3 Å². The van der Waals surface area contributed by atoms with Crippen molar-refractivity contribution < 1.29 is 14.7 Å². The first-order chi connectivity index (χ1) is 9.56. The van der Waals surface area contributed by atoms with Crippen LogP contribution in [-0.4, -0.2) is 37.8 Å². The maximum Gasteiger partial charge on any atom is 0.354 e. The molecule has 2 aromatic rings. The van der Waals surface area contributed by atoms with Crippen LogP contribution >= 0.6 is 0 Å². The molecule has 0 aliphatic heterocycles. The maximum absolute atomic E-state index is 12.0. The van der Waals surface area contributed by atoms with Crippen molar-refractivity contribution in [3.8, 4) is 0 Å². The molecule has 1 amide bonds. The average molecular weight is 274 g/mol. The van der Waals surface area contributed by atoms with Crippen LogP contribution in [0.5, 0.6) is 0 Å². The third-order valence-corrected chi connectivity index (χ3v) is 2.64. The molecule has 20 heavy (non-hydrogen) atoms. The van der Waals surface area contributed by atoms with Crippen LogP contribution in [0.3, 0.4) is 0 Å². The zero-order chi connectivity index (χ0) is 14.5. The molecule has 0 aliphatic rings. The molecule has 1 atom stereocenters. The third-order valence-electron chi connectivity index (χ3n) is 2.64. The molecule has 104 valence electrons. The van der Waals surface area contributed by atoms with Crippen molar-refractivity contribution in [1.82, 2.24) is 20.1 Å². The van der Waals surface area contributed by atoms with E-state index in [9.17, 15) is 9.59 Å². The third kappa shape index (κ3) is 3.41. The fraction of sp³-hybridized carbons (Fsp3) is 0.231. The van der Waals surface area contributed by atoms with Crippen LogP contribution in [0.4, 0.5) is 0 Å². The summed E-state index contributed by atoms with van der Waals surface area (Å²) in [6.07, 6.45) is 4.77. The summed E-state index contributed by atoms with van der Waals surface area (Å²) in [5.41, 5.74) is 0.113. The van der Waals surface area contributed by atoms with Gasteiger partial charge in [-0.2, -0.15) is 5.10 Å². The molecule has 2 N–H and O–H groups in total. The summed E-state index contributed by atoms with van der Waals surface area (Å²) >= 11 is 0. The molecular formula is C13H14N4O3. The molecule has 0 saturated heterocycles. The second-order valence-corrected chi connectivity index (χ2v) is 4.34. The molecule has 0 radical (unpaired) electrons. The molecule has 1 unspecified atom stereocenters. The molecule has 0 bridgehead atoms. The van der Waals surface area contributed by atoms with E-state index in [4.69, 9.17) is 5.11 Å². The van der Waals surface area contributed by atoms with E-state index >= 15 is 0 Å². The predicted molar refractivity (Wildman–Crippen MR) is 70.4 cm³/mol. The Morgan fingerprint density at radius 2 is 2.25 bits per heavy atom. The van der Waals surface area contributed by atoms with E-state index in [0.29, 0.717) is 6.54 Å². The van der Waals surface area contributed by atoms with E-state index in [0.717, 1.165) is 0 Å². The number of carboxylic acids is 1. The first-order valence-electron chi connectivity index (χ1n) is 6.04. The molecule has 0 fully saturated rings. The molecule has 0 aromatic carbocycles. The Bertz CT molecular complexity index is 610. The van der Waals surface area contributed by atoms with Crippen molar-refractivity contribution in [3.05, 3.63) is 48.0 Å². The lowest BCUT2D eigenvalue weighted by molar-refractivity contribution is 0.0690. The summed E-state index contributed by atoms with van der Waals surface area (Å²) < 4.78 is 1.71. The summed E-state index contributed by atoms with van der Waals surface area (Å²) in [5.74, 6) is -1.50. The largest absolute Gasteiger partial charge is 0.477 e. The van der Waals surface area contributed by atoms with Crippen molar-refractivity contribution >= 4 is 11.9 Å². The number of pyridine rings is 1. The van der Waals surface area contributed by atoms with Crippen LogP contribution in [0.2, 0.25) is 0 Å². The number of amides is 1. The van der Waals surface area contributed by atoms with Crippen molar-refractivity contribution in [3.63, 3.8) is 0 Å². The monoisotopic (exact) mass is 274 g/mol. The molecule has 2 heterocycles. The number of carboxylic acid groups (broad SMARTS) is 1. The Hall–Kier alpha value is -2.70. The Kier molecular flexibility index (Phi) is 4.09. The highest BCUT2D eigenvalue weighted by Gasteiger charge is 2.13. The Labute approximate surface area is 115 Å². The van der Waals surface area contributed by atoms with Gasteiger partial charge in [-0.1, -0.05) is 0 Å². The van der Waals surface area contributed by atoms with E-state index < -0.39 is 5.97 Å². The summed E-state index contributed by atoms with van der Waals surface area (Å²) in [4.78, 5) is 26.5. The lowest BCUT2D eigenvalue weighted by atomic mass is 10.2. The number of carbonyl (C=O) groups is 2. The van der Waals surface area contributed by atoms with Gasteiger partial charge in [0, 0.05) is 30.2 Å². The van der Waals surface area contributed by atoms with Crippen LogP contribution in [0, 0.1) is 0 Å². The maximum atomic E-state index is 12.0. The number of hydrogen-bond acceptors (Lipinski definition) is 4. The van der Waals surface area contributed by atoms with Crippen LogP contribution in [0.1, 0.15) is 27.8 Å². The highest BCUT2D eigenvalue weighted by Crippen LogP contribution is 2.03. The summed E-state index contributed by atoms with van der Waals surface area (Å²) in [6, 6.07) is 4.39. The molecule has 0 saturated carbocycles. The van der Waals surface area contributed by atoms with Crippen LogP contribution in [0.25, 0.3) is 0 Å². The average Bonchev–Trinajstić information content (AvgIpc) is 2.91. The van der Waals surface area contributed by atoms with Gasteiger partial charge in [0.15, 0.2) is 0 Å². The second kappa shape index (κ2) is 5.96. The molecule has 0 spiro atoms. The molecule has 7 heteroatoms. The number of carbonyl (C=O) groups excluding carboxylic acids is 1. The number of nitrogens with one attached hydrogen (secondary N) is 1. The Morgan fingerprint density at radius 1 is 1.45 bits per heavy atom. The Morgan fingerprint density at radius 3 is 2.90 bits per heavy atom. The van der Waals surface area contributed by atoms with E-state index in [-0.39, 0.29) is 23.2 Å². The number of hydrogen-bond donors (Lipinski definition) is 2.